The molecule has 1 heterocycles. The van der Waals surface area contributed by atoms with Crippen molar-refractivity contribution in [1.29, 1.82) is 0 Å². The van der Waals surface area contributed by atoms with Crippen molar-refractivity contribution in [2.75, 3.05) is 32.2 Å². The molecular formula is C22H21N3O8. The highest BCUT2D eigenvalue weighted by molar-refractivity contribution is 6.22. The molecule has 11 nitrogen and oxygen atoms in total. The van der Waals surface area contributed by atoms with Crippen LogP contribution in [0, 0.1) is 17.0 Å². The minimum absolute atomic E-state index is 0.0213. The molecule has 11 heteroatoms. The van der Waals surface area contributed by atoms with Crippen LogP contribution in [0.3, 0.4) is 0 Å². The van der Waals surface area contributed by atoms with Gasteiger partial charge in [-0.1, -0.05) is 0 Å². The molecule has 0 saturated heterocycles. The summed E-state index contributed by atoms with van der Waals surface area (Å²) in [5.41, 5.74) is 1.02. The number of aryl methyl sites for hydroxylation is 1. The largest absolute Gasteiger partial charge is 0.452 e. The summed E-state index contributed by atoms with van der Waals surface area (Å²) in [6.45, 7) is 1.58. The van der Waals surface area contributed by atoms with E-state index in [2.05, 4.69) is 5.32 Å². The summed E-state index contributed by atoms with van der Waals surface area (Å²) in [5.74, 6) is -2.43. The first-order chi connectivity index (χ1) is 15.7. The first-order valence-corrected chi connectivity index (χ1v) is 9.94. The highest BCUT2D eigenvalue weighted by atomic mass is 16.6. The molecule has 1 N–H and O–H groups in total. The molecule has 0 bridgehead atoms. The smallest absolute Gasteiger partial charge is 0.338 e. The molecule has 1 aliphatic heterocycles. The number of carbonyl (C=O) groups excluding carboxylic acids is 4. The van der Waals surface area contributed by atoms with Gasteiger partial charge in [-0.25, -0.2) is 4.79 Å². The fourth-order valence-electron chi connectivity index (χ4n) is 3.29. The fraction of sp³-hybridized carbons (Fsp3) is 0.273. The number of methoxy groups -OCH3 is 1. The van der Waals surface area contributed by atoms with E-state index in [0.717, 1.165) is 4.90 Å². The lowest BCUT2D eigenvalue weighted by molar-refractivity contribution is -0.384. The number of hydrogen-bond donors (Lipinski definition) is 1. The number of carbonyl (C=O) groups is 4. The molecule has 2 aromatic rings. The van der Waals surface area contributed by atoms with Gasteiger partial charge >= 0.3 is 5.97 Å². The molecule has 0 unspecified atom stereocenters. The fourth-order valence-corrected chi connectivity index (χ4v) is 3.29. The number of nitro groups is 1. The molecule has 0 aliphatic carbocycles. The maximum absolute atomic E-state index is 12.5. The molecular weight excluding hydrogens is 434 g/mol. The number of fused-ring (bicyclic) bond motifs is 1. The second-order valence-electron chi connectivity index (χ2n) is 7.25. The molecule has 172 valence electrons. The van der Waals surface area contributed by atoms with Gasteiger partial charge < -0.3 is 14.8 Å². The second kappa shape index (κ2) is 10.0. The van der Waals surface area contributed by atoms with E-state index in [9.17, 15) is 29.3 Å². The monoisotopic (exact) mass is 455 g/mol. The summed E-state index contributed by atoms with van der Waals surface area (Å²) >= 11 is 0. The van der Waals surface area contributed by atoms with E-state index in [4.69, 9.17) is 9.47 Å². The van der Waals surface area contributed by atoms with Crippen molar-refractivity contribution in [1.82, 2.24) is 4.90 Å². The quantitative estimate of drug-likeness (QED) is 0.199. The third-order valence-electron chi connectivity index (χ3n) is 4.97. The van der Waals surface area contributed by atoms with Gasteiger partial charge in [0, 0.05) is 38.1 Å². The van der Waals surface area contributed by atoms with Gasteiger partial charge in [0.05, 0.1) is 21.6 Å². The zero-order chi connectivity index (χ0) is 24.1. The predicted octanol–water partition coefficient (Wildman–Crippen LogP) is 2.33. The maximum atomic E-state index is 12.5. The third-order valence-corrected chi connectivity index (χ3v) is 4.97. The lowest BCUT2D eigenvalue weighted by Crippen LogP contribution is -2.31. The number of rotatable bonds is 9. The maximum Gasteiger partial charge on any atom is 0.338 e. The molecule has 0 saturated carbocycles. The minimum Gasteiger partial charge on any atom is -0.452 e. The van der Waals surface area contributed by atoms with Crippen LogP contribution >= 0.6 is 0 Å². The molecule has 0 atom stereocenters. The Hall–Kier alpha value is -4.12. The molecule has 3 rings (SSSR count). The standard InChI is InChI=1S/C22H21N3O8/c1-13-10-15(25(30)31)5-7-18(13)23-19(26)12-33-22(29)14-4-6-16-17(11-14)21(28)24(20(16)27)8-3-9-32-2/h4-7,10-11H,3,8-9,12H2,1-2H3,(H,23,26). The Morgan fingerprint density at radius 3 is 2.48 bits per heavy atom. The molecule has 1 aliphatic rings. The number of hydrogen-bond acceptors (Lipinski definition) is 8. The normalized spacial score (nSPS) is 12.5. The van der Waals surface area contributed by atoms with Gasteiger partial charge in [0.1, 0.15) is 0 Å². The Kier molecular flexibility index (Phi) is 7.13. The number of anilines is 1. The Balaban J connectivity index is 1.61. The lowest BCUT2D eigenvalue weighted by Gasteiger charge is -2.12. The van der Waals surface area contributed by atoms with E-state index in [1.807, 2.05) is 0 Å². The van der Waals surface area contributed by atoms with Gasteiger partial charge in [-0.15, -0.1) is 0 Å². The van der Waals surface area contributed by atoms with Crippen molar-refractivity contribution in [2.45, 2.75) is 13.3 Å². The van der Waals surface area contributed by atoms with Crippen LogP contribution in [0.5, 0.6) is 0 Å². The van der Waals surface area contributed by atoms with Crippen LogP contribution in [-0.2, 0) is 14.3 Å². The number of benzene rings is 2. The van der Waals surface area contributed by atoms with E-state index in [1.165, 1.54) is 43.5 Å². The third kappa shape index (κ3) is 5.21. The van der Waals surface area contributed by atoms with E-state index < -0.39 is 35.2 Å². The highest BCUT2D eigenvalue weighted by Crippen LogP contribution is 2.25. The Labute approximate surface area is 188 Å². The molecule has 3 amide bonds. The van der Waals surface area contributed by atoms with Crippen molar-refractivity contribution in [3.63, 3.8) is 0 Å². The molecule has 0 fully saturated rings. The van der Waals surface area contributed by atoms with Crippen molar-refractivity contribution < 1.29 is 33.6 Å². The predicted molar refractivity (Wildman–Crippen MR) is 115 cm³/mol. The Morgan fingerprint density at radius 2 is 1.82 bits per heavy atom. The van der Waals surface area contributed by atoms with Crippen molar-refractivity contribution >= 4 is 35.1 Å². The Morgan fingerprint density at radius 1 is 1.09 bits per heavy atom. The van der Waals surface area contributed by atoms with Crippen molar-refractivity contribution in [2.24, 2.45) is 0 Å². The number of esters is 1. The van der Waals surface area contributed by atoms with Gasteiger partial charge in [-0.05, 0) is 43.2 Å². The lowest BCUT2D eigenvalue weighted by atomic mass is 10.1. The van der Waals surface area contributed by atoms with Gasteiger partial charge in [0.2, 0.25) is 0 Å². The van der Waals surface area contributed by atoms with Crippen LogP contribution in [0.25, 0.3) is 0 Å². The molecule has 0 spiro atoms. The zero-order valence-corrected chi connectivity index (χ0v) is 18.0. The summed E-state index contributed by atoms with van der Waals surface area (Å²) in [7, 11) is 1.52. The summed E-state index contributed by atoms with van der Waals surface area (Å²) in [4.78, 5) is 60.8. The van der Waals surface area contributed by atoms with E-state index >= 15 is 0 Å². The molecule has 0 radical (unpaired) electrons. The summed E-state index contributed by atoms with van der Waals surface area (Å²) in [6, 6.07) is 7.94. The first-order valence-electron chi connectivity index (χ1n) is 9.94. The zero-order valence-electron chi connectivity index (χ0n) is 18.0. The summed E-state index contributed by atoms with van der Waals surface area (Å²) in [5, 5.41) is 13.3. The van der Waals surface area contributed by atoms with E-state index in [-0.39, 0.29) is 28.9 Å². The average Bonchev–Trinajstić information content (AvgIpc) is 3.03. The van der Waals surface area contributed by atoms with Crippen LogP contribution in [0.15, 0.2) is 36.4 Å². The van der Waals surface area contributed by atoms with Crippen LogP contribution in [0.4, 0.5) is 11.4 Å². The second-order valence-corrected chi connectivity index (χ2v) is 7.25. The number of nitrogens with one attached hydrogen (secondary N) is 1. The van der Waals surface area contributed by atoms with Gasteiger partial charge in [0.15, 0.2) is 6.61 Å². The Bertz CT molecular complexity index is 1140. The number of nitrogens with zero attached hydrogens (tertiary/aromatic N) is 2. The van der Waals surface area contributed by atoms with E-state index in [1.54, 1.807) is 6.92 Å². The number of imide groups is 1. The minimum atomic E-state index is -0.841. The number of nitro benzene ring substituents is 1. The summed E-state index contributed by atoms with van der Waals surface area (Å²) < 4.78 is 9.94. The highest BCUT2D eigenvalue weighted by Gasteiger charge is 2.35. The van der Waals surface area contributed by atoms with Crippen LogP contribution < -0.4 is 5.32 Å². The molecule has 33 heavy (non-hydrogen) atoms. The van der Waals surface area contributed by atoms with Gasteiger partial charge in [-0.3, -0.25) is 29.4 Å². The molecule has 0 aromatic heterocycles. The van der Waals surface area contributed by atoms with E-state index in [0.29, 0.717) is 24.3 Å². The average molecular weight is 455 g/mol. The number of non-ortho nitro benzene ring substituents is 1. The van der Waals surface area contributed by atoms with Crippen LogP contribution in [-0.4, -0.2) is 60.4 Å². The van der Waals surface area contributed by atoms with Crippen molar-refractivity contribution in [3.05, 3.63) is 68.8 Å². The topological polar surface area (TPSA) is 145 Å². The summed E-state index contributed by atoms with van der Waals surface area (Å²) in [6.07, 6.45) is 0.486. The molecule has 2 aromatic carbocycles. The van der Waals surface area contributed by atoms with Crippen LogP contribution in [0.2, 0.25) is 0 Å². The SMILES string of the molecule is COCCCN1C(=O)c2ccc(C(=O)OCC(=O)Nc3ccc([N+](=O)[O-])cc3C)cc2C1=O. The first kappa shape index (κ1) is 23.5. The van der Waals surface area contributed by atoms with Gasteiger partial charge in [0.25, 0.3) is 23.4 Å². The number of ether oxygens (including phenoxy) is 2. The van der Waals surface area contributed by atoms with Gasteiger partial charge in [-0.2, -0.15) is 0 Å². The number of amides is 3. The van der Waals surface area contributed by atoms with Crippen molar-refractivity contribution in [3.8, 4) is 0 Å². The van der Waals surface area contributed by atoms with Crippen LogP contribution in [0.1, 0.15) is 43.1 Å².